The summed E-state index contributed by atoms with van der Waals surface area (Å²) in [6.45, 7) is 0. The highest BCUT2D eigenvalue weighted by atomic mass is 16.5. The lowest BCUT2D eigenvalue weighted by Gasteiger charge is -2.11. The Kier molecular flexibility index (Phi) is 5.06. The molecule has 1 amide bonds. The molecule has 0 saturated heterocycles. The number of anilines is 3. The first kappa shape index (κ1) is 19.8. The lowest BCUT2D eigenvalue weighted by atomic mass is 10.0. The molecule has 2 atom stereocenters. The molecule has 2 aromatic carbocycles. The van der Waals surface area contributed by atoms with Crippen LogP contribution in [0.25, 0.3) is 10.9 Å². The number of fused-ring (bicyclic) bond motifs is 1. The SMILES string of the molecule is COc1ccc(NC=O)c(C2CC2c2ccc3c(Nc4ncncc4OC)n[nH]c3c2)c1. The molecule has 1 fully saturated rings. The second-order valence-electron chi connectivity index (χ2n) is 7.61. The molecule has 32 heavy (non-hydrogen) atoms. The fourth-order valence-electron chi connectivity index (χ4n) is 4.11. The average molecular weight is 430 g/mol. The van der Waals surface area contributed by atoms with Crippen molar-refractivity contribution in [3.05, 3.63) is 60.0 Å². The van der Waals surface area contributed by atoms with E-state index in [-0.39, 0.29) is 0 Å². The minimum absolute atomic E-state index is 0.316. The van der Waals surface area contributed by atoms with Crippen LogP contribution in [-0.4, -0.2) is 40.8 Å². The fourth-order valence-corrected chi connectivity index (χ4v) is 4.11. The van der Waals surface area contributed by atoms with E-state index in [2.05, 4.69) is 49.0 Å². The highest BCUT2D eigenvalue weighted by molar-refractivity contribution is 5.92. The van der Waals surface area contributed by atoms with Gasteiger partial charge in [0.05, 0.1) is 25.9 Å². The van der Waals surface area contributed by atoms with Crippen LogP contribution in [0.3, 0.4) is 0 Å². The number of methoxy groups -OCH3 is 2. The molecule has 1 saturated carbocycles. The number of nitrogens with zero attached hydrogens (tertiary/aromatic N) is 3. The number of hydrogen-bond acceptors (Lipinski definition) is 7. The molecule has 2 heterocycles. The van der Waals surface area contributed by atoms with Crippen molar-refractivity contribution in [1.82, 2.24) is 20.2 Å². The van der Waals surface area contributed by atoms with Crippen molar-refractivity contribution in [2.45, 2.75) is 18.3 Å². The first-order chi connectivity index (χ1) is 15.7. The fraction of sp³-hybridized carbons (Fsp3) is 0.217. The number of H-pyrrole nitrogens is 1. The van der Waals surface area contributed by atoms with E-state index in [1.54, 1.807) is 20.4 Å². The Morgan fingerprint density at radius 3 is 2.81 bits per heavy atom. The lowest BCUT2D eigenvalue weighted by molar-refractivity contribution is -0.105. The minimum Gasteiger partial charge on any atom is -0.497 e. The third-order valence-electron chi connectivity index (χ3n) is 5.81. The summed E-state index contributed by atoms with van der Waals surface area (Å²) in [5.41, 5.74) is 4.06. The van der Waals surface area contributed by atoms with Gasteiger partial charge in [-0.25, -0.2) is 9.97 Å². The molecule has 0 aliphatic heterocycles. The Morgan fingerprint density at radius 1 is 1.09 bits per heavy atom. The van der Waals surface area contributed by atoms with E-state index in [1.165, 1.54) is 11.9 Å². The van der Waals surface area contributed by atoms with E-state index in [0.717, 1.165) is 34.3 Å². The Labute approximate surface area is 184 Å². The van der Waals surface area contributed by atoms with Crippen LogP contribution < -0.4 is 20.1 Å². The molecule has 162 valence electrons. The first-order valence-electron chi connectivity index (χ1n) is 10.2. The molecular weight excluding hydrogens is 408 g/mol. The zero-order chi connectivity index (χ0) is 22.1. The van der Waals surface area contributed by atoms with Crippen molar-refractivity contribution in [2.24, 2.45) is 0 Å². The monoisotopic (exact) mass is 430 g/mol. The molecule has 4 aromatic rings. The second-order valence-corrected chi connectivity index (χ2v) is 7.61. The van der Waals surface area contributed by atoms with Crippen LogP contribution in [0.4, 0.5) is 17.3 Å². The van der Waals surface area contributed by atoms with Gasteiger partial charge in [-0.2, -0.15) is 5.10 Å². The number of aromatic nitrogens is 4. The van der Waals surface area contributed by atoms with Gasteiger partial charge < -0.3 is 20.1 Å². The van der Waals surface area contributed by atoms with E-state index in [9.17, 15) is 4.79 Å². The van der Waals surface area contributed by atoms with Gasteiger partial charge in [0.15, 0.2) is 17.4 Å². The molecule has 1 aliphatic carbocycles. The van der Waals surface area contributed by atoms with Crippen molar-refractivity contribution < 1.29 is 14.3 Å². The molecular formula is C23H22N6O3. The zero-order valence-electron chi connectivity index (χ0n) is 17.6. The summed E-state index contributed by atoms with van der Waals surface area (Å²) < 4.78 is 10.7. The quantitative estimate of drug-likeness (QED) is 0.363. The van der Waals surface area contributed by atoms with Crippen molar-refractivity contribution in [3.63, 3.8) is 0 Å². The summed E-state index contributed by atoms with van der Waals surface area (Å²) in [6, 6.07) is 12.0. The van der Waals surface area contributed by atoms with E-state index in [1.807, 2.05) is 18.2 Å². The van der Waals surface area contributed by atoms with Crippen LogP contribution >= 0.6 is 0 Å². The summed E-state index contributed by atoms with van der Waals surface area (Å²) >= 11 is 0. The van der Waals surface area contributed by atoms with Crippen molar-refractivity contribution in [2.75, 3.05) is 24.9 Å². The highest BCUT2D eigenvalue weighted by Gasteiger charge is 2.41. The van der Waals surface area contributed by atoms with Gasteiger partial charge in [-0.05, 0) is 59.7 Å². The Bertz CT molecular complexity index is 1290. The van der Waals surface area contributed by atoms with Crippen molar-refractivity contribution >= 4 is 34.6 Å². The maximum Gasteiger partial charge on any atom is 0.211 e. The van der Waals surface area contributed by atoms with Gasteiger partial charge in [0.25, 0.3) is 0 Å². The van der Waals surface area contributed by atoms with E-state index in [4.69, 9.17) is 9.47 Å². The number of aromatic amines is 1. The first-order valence-corrected chi connectivity index (χ1v) is 10.2. The molecule has 5 rings (SSSR count). The summed E-state index contributed by atoms with van der Waals surface area (Å²) in [4.78, 5) is 19.2. The Hall–Kier alpha value is -4.14. The van der Waals surface area contributed by atoms with Gasteiger partial charge in [0.2, 0.25) is 6.41 Å². The zero-order valence-corrected chi connectivity index (χ0v) is 17.6. The van der Waals surface area contributed by atoms with Crippen LogP contribution in [0.1, 0.15) is 29.4 Å². The standard InChI is InChI=1S/C23H22N6O3/c1-31-14-4-6-19(26-12-30)18(8-14)17-9-16(17)13-3-5-15-20(7-13)28-29-22(15)27-23-21(32-2)10-24-11-25-23/h3-8,10-12,16-17H,9H2,1-2H3,(H,26,30)(H2,24,25,27,28,29). The topological polar surface area (TPSA) is 114 Å². The van der Waals surface area contributed by atoms with E-state index < -0.39 is 0 Å². The van der Waals surface area contributed by atoms with Gasteiger partial charge in [-0.1, -0.05) is 6.07 Å². The molecule has 0 bridgehead atoms. The molecule has 0 radical (unpaired) electrons. The Morgan fingerprint density at radius 2 is 2.00 bits per heavy atom. The van der Waals surface area contributed by atoms with Gasteiger partial charge >= 0.3 is 0 Å². The van der Waals surface area contributed by atoms with Crippen LogP contribution in [0.2, 0.25) is 0 Å². The lowest BCUT2D eigenvalue weighted by Crippen LogP contribution is -1.99. The maximum absolute atomic E-state index is 11.0. The minimum atomic E-state index is 0.316. The largest absolute Gasteiger partial charge is 0.497 e. The van der Waals surface area contributed by atoms with Gasteiger partial charge in [0.1, 0.15) is 12.1 Å². The number of nitrogens with one attached hydrogen (secondary N) is 3. The third-order valence-corrected chi connectivity index (χ3v) is 5.81. The maximum atomic E-state index is 11.0. The van der Waals surface area contributed by atoms with E-state index >= 15 is 0 Å². The smallest absolute Gasteiger partial charge is 0.211 e. The summed E-state index contributed by atoms with van der Waals surface area (Å²) in [7, 11) is 3.22. The molecule has 0 spiro atoms. The summed E-state index contributed by atoms with van der Waals surface area (Å²) in [5, 5.41) is 14.5. The molecule has 2 aromatic heterocycles. The number of ether oxygens (including phenoxy) is 2. The molecule has 2 unspecified atom stereocenters. The number of hydrogen-bond donors (Lipinski definition) is 3. The molecule has 3 N–H and O–H groups in total. The van der Waals surface area contributed by atoms with E-state index in [0.29, 0.717) is 35.6 Å². The third kappa shape index (κ3) is 3.58. The van der Waals surface area contributed by atoms with Gasteiger partial charge in [0, 0.05) is 11.1 Å². The van der Waals surface area contributed by atoms with Crippen molar-refractivity contribution in [3.8, 4) is 11.5 Å². The number of benzene rings is 2. The Balaban J connectivity index is 1.40. The second kappa shape index (κ2) is 8.18. The van der Waals surface area contributed by atoms with Crippen LogP contribution in [-0.2, 0) is 4.79 Å². The summed E-state index contributed by atoms with van der Waals surface area (Å²) in [6.07, 6.45) is 4.77. The van der Waals surface area contributed by atoms with Crippen LogP contribution in [0.15, 0.2) is 48.9 Å². The molecule has 9 nitrogen and oxygen atoms in total. The highest BCUT2D eigenvalue weighted by Crippen LogP contribution is 2.57. The average Bonchev–Trinajstić information content (AvgIpc) is 3.54. The predicted octanol–water partition coefficient (Wildman–Crippen LogP) is 3.95. The van der Waals surface area contributed by atoms with Crippen LogP contribution in [0.5, 0.6) is 11.5 Å². The molecule has 9 heteroatoms. The number of carbonyl (C=O) groups excluding carboxylic acids is 1. The number of carbonyl (C=O) groups is 1. The van der Waals surface area contributed by atoms with Crippen LogP contribution in [0, 0.1) is 0 Å². The van der Waals surface area contributed by atoms with Crippen molar-refractivity contribution in [1.29, 1.82) is 0 Å². The van der Waals surface area contributed by atoms with Gasteiger partial charge in [-0.15, -0.1) is 0 Å². The number of amides is 1. The van der Waals surface area contributed by atoms with Gasteiger partial charge in [-0.3, -0.25) is 9.89 Å². The molecule has 1 aliphatic rings. The summed E-state index contributed by atoms with van der Waals surface area (Å²) in [5.74, 6) is 3.22. The predicted molar refractivity (Wildman–Crippen MR) is 121 cm³/mol. The normalized spacial score (nSPS) is 17.1. The number of rotatable bonds is 8.